The first-order valence-electron chi connectivity index (χ1n) is 15.8. The summed E-state index contributed by atoms with van der Waals surface area (Å²) < 4.78 is 11.2. The van der Waals surface area contributed by atoms with Crippen molar-refractivity contribution in [3.63, 3.8) is 0 Å². The molecule has 206 valence electrons. The van der Waals surface area contributed by atoms with Crippen molar-refractivity contribution in [2.45, 2.75) is 143 Å². The molecule has 3 saturated carbocycles. The Kier molecular flexibility index (Phi) is 9.54. The molecule has 0 unspecified atom stereocenters. The molecule has 0 heterocycles. The lowest BCUT2D eigenvalue weighted by Crippen LogP contribution is -2.50. The first-order chi connectivity index (χ1) is 17.3. The van der Waals surface area contributed by atoms with Gasteiger partial charge in [-0.2, -0.15) is 0 Å². The van der Waals surface area contributed by atoms with Crippen LogP contribution in [0.25, 0.3) is 0 Å². The predicted octanol–water partition coefficient (Wildman–Crippen LogP) is 9.88. The monoisotopic (exact) mass is 500 g/mol. The van der Waals surface area contributed by atoms with Crippen molar-refractivity contribution in [3.05, 3.63) is 11.6 Å². The summed E-state index contributed by atoms with van der Waals surface area (Å²) in [7, 11) is 0. The smallest absolute Gasteiger partial charge is 0.434 e. The highest BCUT2D eigenvalue weighted by atomic mass is 16.7. The van der Waals surface area contributed by atoms with E-state index in [2.05, 4.69) is 40.7 Å². The molecule has 0 amide bonds. The Morgan fingerprint density at radius 2 is 1.78 bits per heavy atom. The molecule has 4 aliphatic carbocycles. The van der Waals surface area contributed by atoms with Gasteiger partial charge in [0.15, 0.2) is 0 Å². The van der Waals surface area contributed by atoms with E-state index in [0.29, 0.717) is 23.4 Å². The molecule has 3 fully saturated rings. The average Bonchev–Trinajstić information content (AvgIpc) is 3.21. The Morgan fingerprint density at radius 3 is 2.56 bits per heavy atom. The lowest BCUT2D eigenvalue weighted by atomic mass is 9.47. The van der Waals surface area contributed by atoms with Crippen molar-refractivity contribution in [1.82, 2.24) is 0 Å². The maximum atomic E-state index is 12.3. The number of carbonyl (C=O) groups is 1. The van der Waals surface area contributed by atoms with E-state index >= 15 is 0 Å². The second-order valence-electron chi connectivity index (χ2n) is 13.7. The molecule has 0 radical (unpaired) electrons. The molecular weight excluding hydrogens is 444 g/mol. The molecule has 0 N–H and O–H groups in total. The highest BCUT2D eigenvalue weighted by Gasteiger charge is 2.58. The van der Waals surface area contributed by atoms with Crippen LogP contribution in [0.2, 0.25) is 0 Å². The number of carbonyl (C=O) groups excluding carboxylic acids is 1. The summed E-state index contributed by atoms with van der Waals surface area (Å²) in [4.78, 5) is 12.3. The summed E-state index contributed by atoms with van der Waals surface area (Å²) in [5.41, 5.74) is 2.47. The highest BCUT2D eigenvalue weighted by molar-refractivity contribution is 5.60. The summed E-state index contributed by atoms with van der Waals surface area (Å²) in [5, 5.41) is 0. The Morgan fingerprint density at radius 1 is 1.00 bits per heavy atom. The third kappa shape index (κ3) is 5.85. The van der Waals surface area contributed by atoms with E-state index in [1.807, 2.05) is 0 Å². The molecule has 0 bridgehead atoms. The Hall–Kier alpha value is -0.990. The number of hydrogen-bond acceptors (Lipinski definition) is 3. The number of unbranched alkanes of at least 4 members (excludes halogenated alkanes) is 5. The summed E-state index contributed by atoms with van der Waals surface area (Å²) in [6, 6.07) is 0. The standard InChI is InChI=1S/C33H56O3/c1-6-8-9-10-11-12-13-25-15-17-29-28-16-14-26-22-27(36-31(34)35-23-24(3)7-2)18-20-33(26,5)30(28)19-21-32(25,29)4/h14,24-25,27-30H,6-13,15-23H2,1-5H3/t24-,25+,27-,28-,29+,30+,32+,33-/m0/s1. The van der Waals surface area contributed by atoms with E-state index in [4.69, 9.17) is 9.47 Å². The fraction of sp³-hybridized carbons (Fsp3) is 0.909. The van der Waals surface area contributed by atoms with Crippen molar-refractivity contribution in [3.8, 4) is 0 Å². The topological polar surface area (TPSA) is 35.5 Å². The zero-order valence-electron chi connectivity index (χ0n) is 24.3. The van der Waals surface area contributed by atoms with E-state index in [9.17, 15) is 4.79 Å². The second kappa shape index (κ2) is 12.2. The first kappa shape index (κ1) is 28.0. The number of fused-ring (bicyclic) bond motifs is 5. The van der Waals surface area contributed by atoms with Crippen LogP contribution in [0.4, 0.5) is 4.79 Å². The van der Waals surface area contributed by atoms with Crippen molar-refractivity contribution < 1.29 is 14.3 Å². The maximum Gasteiger partial charge on any atom is 0.508 e. The molecule has 8 atom stereocenters. The molecule has 4 aliphatic rings. The van der Waals surface area contributed by atoms with Crippen molar-refractivity contribution in [2.24, 2.45) is 40.4 Å². The van der Waals surface area contributed by atoms with E-state index in [-0.39, 0.29) is 6.10 Å². The fourth-order valence-electron chi connectivity index (χ4n) is 8.98. The largest absolute Gasteiger partial charge is 0.508 e. The van der Waals surface area contributed by atoms with E-state index < -0.39 is 6.16 Å². The highest BCUT2D eigenvalue weighted by Crippen LogP contribution is 2.66. The predicted molar refractivity (Wildman–Crippen MR) is 149 cm³/mol. The van der Waals surface area contributed by atoms with Gasteiger partial charge in [0.25, 0.3) is 0 Å². The molecular formula is C33H56O3. The van der Waals surface area contributed by atoms with Gasteiger partial charge in [-0.1, -0.05) is 91.2 Å². The Bertz CT molecular complexity index is 758. The lowest BCUT2D eigenvalue weighted by molar-refractivity contribution is -0.0568. The molecule has 36 heavy (non-hydrogen) atoms. The molecule has 0 saturated heterocycles. The molecule has 4 rings (SSSR count). The van der Waals surface area contributed by atoms with Crippen LogP contribution >= 0.6 is 0 Å². The molecule has 3 nitrogen and oxygen atoms in total. The fourth-order valence-corrected chi connectivity index (χ4v) is 8.98. The van der Waals surface area contributed by atoms with Crippen LogP contribution in [0.15, 0.2) is 11.6 Å². The van der Waals surface area contributed by atoms with Gasteiger partial charge in [-0.3, -0.25) is 0 Å². The van der Waals surface area contributed by atoms with Gasteiger partial charge in [0.05, 0.1) is 6.61 Å². The zero-order chi connectivity index (χ0) is 25.8. The first-order valence-corrected chi connectivity index (χ1v) is 15.8. The minimum absolute atomic E-state index is 0.00708. The quantitative estimate of drug-likeness (QED) is 0.161. The third-order valence-corrected chi connectivity index (χ3v) is 11.6. The van der Waals surface area contributed by atoms with Crippen LogP contribution in [-0.2, 0) is 9.47 Å². The van der Waals surface area contributed by atoms with Gasteiger partial charge in [0, 0.05) is 6.42 Å². The van der Waals surface area contributed by atoms with E-state index in [1.165, 1.54) is 77.0 Å². The van der Waals surface area contributed by atoms with Gasteiger partial charge in [-0.25, -0.2) is 4.79 Å². The maximum absolute atomic E-state index is 12.3. The van der Waals surface area contributed by atoms with Gasteiger partial charge in [0.1, 0.15) is 6.10 Å². The van der Waals surface area contributed by atoms with Gasteiger partial charge >= 0.3 is 6.16 Å². The molecule has 0 aromatic rings. The van der Waals surface area contributed by atoms with Crippen LogP contribution < -0.4 is 0 Å². The molecule has 3 heteroatoms. The van der Waals surface area contributed by atoms with Crippen LogP contribution in [0.3, 0.4) is 0 Å². The molecule has 0 aromatic heterocycles. The zero-order valence-corrected chi connectivity index (χ0v) is 24.3. The second-order valence-corrected chi connectivity index (χ2v) is 13.7. The number of hydrogen-bond donors (Lipinski definition) is 0. The SMILES string of the molecule is CCCCCCCC[C@@H]1CC[C@@H]2[C@@H]3CC=C4C[C@@H](OC(=O)OC[C@@H](C)CC)CC[C@]4(C)[C@@H]3CC[C@]12C. The summed E-state index contributed by atoms with van der Waals surface area (Å²) >= 11 is 0. The summed E-state index contributed by atoms with van der Waals surface area (Å²) in [6.07, 6.45) is 23.2. The summed E-state index contributed by atoms with van der Waals surface area (Å²) in [6.45, 7) is 12.2. The summed E-state index contributed by atoms with van der Waals surface area (Å²) in [5.74, 6) is 3.95. The number of allylic oxidation sites excluding steroid dienone is 1. The van der Waals surface area contributed by atoms with E-state index in [1.54, 1.807) is 5.57 Å². The lowest BCUT2D eigenvalue weighted by Gasteiger charge is -2.58. The minimum Gasteiger partial charge on any atom is -0.434 e. The van der Waals surface area contributed by atoms with Crippen molar-refractivity contribution >= 4 is 6.16 Å². The number of rotatable bonds is 11. The van der Waals surface area contributed by atoms with Gasteiger partial charge in [-0.05, 0) is 91.8 Å². The van der Waals surface area contributed by atoms with Crippen molar-refractivity contribution in [2.75, 3.05) is 6.61 Å². The van der Waals surface area contributed by atoms with Gasteiger partial charge < -0.3 is 9.47 Å². The Balaban J connectivity index is 1.32. The third-order valence-electron chi connectivity index (χ3n) is 11.6. The minimum atomic E-state index is -0.464. The molecule has 0 aliphatic heterocycles. The molecule has 0 aromatic carbocycles. The Labute approximate surface area is 222 Å². The van der Waals surface area contributed by atoms with Gasteiger partial charge in [-0.15, -0.1) is 0 Å². The normalized spacial score (nSPS) is 38.4. The number of ether oxygens (including phenoxy) is 2. The van der Waals surface area contributed by atoms with Gasteiger partial charge in [0.2, 0.25) is 0 Å². The van der Waals surface area contributed by atoms with Crippen LogP contribution in [0, 0.1) is 40.4 Å². The van der Waals surface area contributed by atoms with Crippen LogP contribution in [0.1, 0.15) is 137 Å². The van der Waals surface area contributed by atoms with Crippen LogP contribution in [0.5, 0.6) is 0 Å². The molecule has 0 spiro atoms. The van der Waals surface area contributed by atoms with Crippen molar-refractivity contribution in [1.29, 1.82) is 0 Å². The van der Waals surface area contributed by atoms with Crippen LogP contribution in [-0.4, -0.2) is 18.9 Å². The average molecular weight is 501 g/mol. The van der Waals surface area contributed by atoms with E-state index in [0.717, 1.165) is 49.4 Å².